The Kier molecular flexibility index (Phi) is 8.24. The number of nitrogen functional groups attached to an aromatic ring is 1. The van der Waals surface area contributed by atoms with Crippen LogP contribution < -0.4 is 21.9 Å². The molecule has 0 aliphatic rings. The second-order valence-corrected chi connectivity index (χ2v) is 8.02. The molecule has 1 aromatic heterocycles. The smallest absolute Gasteiger partial charge is 0.330 e. The fourth-order valence-corrected chi connectivity index (χ4v) is 3.83. The number of fused-ring (bicyclic) bond motifs is 1. The molecule has 0 radical (unpaired) electrons. The molecule has 0 unspecified atom stereocenters. The van der Waals surface area contributed by atoms with Crippen LogP contribution in [0.25, 0.3) is 10.8 Å². The van der Waals surface area contributed by atoms with Crippen molar-refractivity contribution in [3.63, 3.8) is 0 Å². The number of ether oxygens (including phenoxy) is 1. The summed E-state index contributed by atoms with van der Waals surface area (Å²) < 4.78 is 6.50. The average Bonchev–Trinajstić information content (AvgIpc) is 2.82. The molecule has 0 atom stereocenters. The molecular formula is C25H30N4O5. The van der Waals surface area contributed by atoms with Crippen LogP contribution in [-0.4, -0.2) is 34.6 Å². The first-order chi connectivity index (χ1) is 16.4. The number of nitrogens with zero attached hydrogens (tertiary/aromatic N) is 2. The number of anilines is 2. The number of rotatable bonds is 10. The van der Waals surface area contributed by atoms with Gasteiger partial charge in [0.05, 0.1) is 6.42 Å². The Hall–Kier alpha value is -3.88. The number of amides is 1. The Morgan fingerprint density at radius 2 is 1.79 bits per heavy atom. The van der Waals surface area contributed by atoms with Crippen molar-refractivity contribution < 1.29 is 14.3 Å². The van der Waals surface area contributed by atoms with E-state index < -0.39 is 29.7 Å². The van der Waals surface area contributed by atoms with Gasteiger partial charge in [0.25, 0.3) is 11.5 Å². The van der Waals surface area contributed by atoms with Crippen molar-refractivity contribution in [2.24, 2.45) is 0 Å². The molecule has 9 nitrogen and oxygen atoms in total. The van der Waals surface area contributed by atoms with E-state index in [2.05, 4.69) is 4.98 Å². The lowest BCUT2D eigenvalue weighted by Crippen LogP contribution is -2.43. The number of H-pyrrole nitrogens is 1. The van der Waals surface area contributed by atoms with E-state index in [0.717, 1.165) is 22.8 Å². The SMILES string of the molecule is CCCCN(C(=O)COC(=O)Cc1cccc2ccccc12)c1c(N)n(CCC)c(=O)[nH]c1=O. The van der Waals surface area contributed by atoms with Crippen LogP contribution in [0.1, 0.15) is 38.7 Å². The van der Waals surface area contributed by atoms with Gasteiger partial charge in [-0.25, -0.2) is 4.79 Å². The third-order valence-electron chi connectivity index (χ3n) is 5.54. The second-order valence-electron chi connectivity index (χ2n) is 8.02. The first-order valence-corrected chi connectivity index (χ1v) is 11.4. The third-order valence-corrected chi connectivity index (χ3v) is 5.54. The molecule has 0 aliphatic carbocycles. The first-order valence-electron chi connectivity index (χ1n) is 11.4. The maximum atomic E-state index is 13.0. The fourth-order valence-electron chi connectivity index (χ4n) is 3.83. The number of aromatic amines is 1. The minimum Gasteiger partial charge on any atom is -0.455 e. The number of esters is 1. The Balaban J connectivity index is 1.79. The monoisotopic (exact) mass is 466 g/mol. The highest BCUT2D eigenvalue weighted by Crippen LogP contribution is 2.20. The summed E-state index contributed by atoms with van der Waals surface area (Å²) in [6, 6.07) is 13.4. The molecule has 3 aromatic rings. The van der Waals surface area contributed by atoms with E-state index in [0.29, 0.717) is 19.4 Å². The van der Waals surface area contributed by atoms with Gasteiger partial charge in [0, 0.05) is 13.1 Å². The number of aromatic nitrogens is 2. The number of carbonyl (C=O) groups is 2. The zero-order chi connectivity index (χ0) is 24.7. The van der Waals surface area contributed by atoms with Crippen molar-refractivity contribution in [1.82, 2.24) is 9.55 Å². The predicted octanol–water partition coefficient (Wildman–Crippen LogP) is 2.60. The van der Waals surface area contributed by atoms with E-state index in [1.807, 2.05) is 56.3 Å². The van der Waals surface area contributed by atoms with Crippen molar-refractivity contribution in [1.29, 1.82) is 0 Å². The molecule has 0 saturated carbocycles. The molecule has 180 valence electrons. The number of unbranched alkanes of at least 4 members (excludes halogenated alkanes) is 1. The second kappa shape index (κ2) is 11.3. The van der Waals surface area contributed by atoms with Crippen LogP contribution in [0.15, 0.2) is 52.1 Å². The lowest BCUT2D eigenvalue weighted by molar-refractivity contribution is -0.147. The summed E-state index contributed by atoms with van der Waals surface area (Å²) in [5.74, 6) is -1.22. The van der Waals surface area contributed by atoms with Gasteiger partial charge in [0.15, 0.2) is 12.3 Å². The van der Waals surface area contributed by atoms with Crippen molar-refractivity contribution >= 4 is 34.2 Å². The summed E-state index contributed by atoms with van der Waals surface area (Å²) in [5.41, 5.74) is 5.45. The minimum atomic E-state index is -0.749. The minimum absolute atomic E-state index is 0.00763. The highest BCUT2D eigenvalue weighted by atomic mass is 16.5. The van der Waals surface area contributed by atoms with Crippen molar-refractivity contribution in [2.75, 3.05) is 23.8 Å². The van der Waals surface area contributed by atoms with E-state index in [9.17, 15) is 19.2 Å². The molecule has 9 heteroatoms. The zero-order valence-electron chi connectivity index (χ0n) is 19.5. The number of nitrogens with two attached hydrogens (primary N) is 1. The van der Waals surface area contributed by atoms with Crippen molar-refractivity contribution in [3.05, 3.63) is 68.9 Å². The average molecular weight is 467 g/mol. The van der Waals surface area contributed by atoms with Gasteiger partial charge in [-0.05, 0) is 29.2 Å². The van der Waals surface area contributed by atoms with E-state index >= 15 is 0 Å². The van der Waals surface area contributed by atoms with Gasteiger partial charge in [-0.3, -0.25) is 23.9 Å². The molecule has 3 N–H and O–H groups in total. The summed E-state index contributed by atoms with van der Waals surface area (Å²) in [6.07, 6.45) is 1.98. The lowest BCUT2D eigenvalue weighted by Gasteiger charge is -2.24. The first kappa shape index (κ1) is 24.8. The summed E-state index contributed by atoms with van der Waals surface area (Å²) in [6.45, 7) is 3.77. The molecule has 2 aromatic carbocycles. The number of hydrogen-bond donors (Lipinski definition) is 2. The molecular weight excluding hydrogens is 436 g/mol. The maximum Gasteiger partial charge on any atom is 0.330 e. The molecule has 0 spiro atoms. The molecule has 0 fully saturated rings. The number of hydrogen-bond acceptors (Lipinski definition) is 6. The van der Waals surface area contributed by atoms with Gasteiger partial charge in [-0.1, -0.05) is 62.7 Å². The van der Waals surface area contributed by atoms with Gasteiger partial charge >= 0.3 is 11.7 Å². The third kappa shape index (κ3) is 5.54. The summed E-state index contributed by atoms with van der Waals surface area (Å²) in [7, 11) is 0. The normalized spacial score (nSPS) is 10.9. The molecule has 0 aliphatic heterocycles. The molecule has 0 bridgehead atoms. The van der Waals surface area contributed by atoms with E-state index in [4.69, 9.17) is 10.5 Å². The predicted molar refractivity (Wildman–Crippen MR) is 132 cm³/mol. The van der Waals surface area contributed by atoms with Crippen LogP contribution in [0, 0.1) is 0 Å². The van der Waals surface area contributed by atoms with E-state index in [1.54, 1.807) is 0 Å². The van der Waals surface area contributed by atoms with E-state index in [1.165, 1.54) is 9.47 Å². The number of carbonyl (C=O) groups excluding carboxylic acids is 2. The largest absolute Gasteiger partial charge is 0.455 e. The number of nitrogens with one attached hydrogen (secondary N) is 1. The number of benzene rings is 2. The van der Waals surface area contributed by atoms with Gasteiger partial charge in [0.2, 0.25) is 0 Å². The van der Waals surface area contributed by atoms with Gasteiger partial charge in [-0.15, -0.1) is 0 Å². The topological polar surface area (TPSA) is 127 Å². The molecule has 3 rings (SSSR count). The Labute approximate surface area is 197 Å². The van der Waals surface area contributed by atoms with Crippen LogP contribution >= 0.6 is 0 Å². The van der Waals surface area contributed by atoms with Crippen LogP contribution in [0.2, 0.25) is 0 Å². The van der Waals surface area contributed by atoms with Crippen molar-refractivity contribution in [3.8, 4) is 0 Å². The quantitative estimate of drug-likeness (QED) is 0.442. The molecule has 0 saturated heterocycles. The van der Waals surface area contributed by atoms with Crippen LogP contribution in [-0.2, 0) is 27.3 Å². The zero-order valence-corrected chi connectivity index (χ0v) is 19.5. The maximum absolute atomic E-state index is 13.0. The lowest BCUT2D eigenvalue weighted by atomic mass is 10.0. The summed E-state index contributed by atoms with van der Waals surface area (Å²) in [5, 5.41) is 1.95. The Morgan fingerprint density at radius 3 is 2.53 bits per heavy atom. The molecule has 1 amide bonds. The molecule has 34 heavy (non-hydrogen) atoms. The fraction of sp³-hybridized carbons (Fsp3) is 0.360. The highest BCUT2D eigenvalue weighted by molar-refractivity contribution is 5.97. The van der Waals surface area contributed by atoms with Crippen LogP contribution in [0.4, 0.5) is 11.5 Å². The van der Waals surface area contributed by atoms with Gasteiger partial charge in [-0.2, -0.15) is 0 Å². The van der Waals surface area contributed by atoms with E-state index in [-0.39, 0.29) is 24.5 Å². The Bertz CT molecular complexity index is 1290. The van der Waals surface area contributed by atoms with Crippen molar-refractivity contribution in [2.45, 2.75) is 46.1 Å². The summed E-state index contributed by atoms with van der Waals surface area (Å²) >= 11 is 0. The van der Waals surface area contributed by atoms with Crippen LogP contribution in [0.5, 0.6) is 0 Å². The van der Waals surface area contributed by atoms with Gasteiger partial charge in [0.1, 0.15) is 5.82 Å². The van der Waals surface area contributed by atoms with Gasteiger partial charge < -0.3 is 15.4 Å². The molecule has 1 heterocycles. The summed E-state index contributed by atoms with van der Waals surface area (Å²) in [4.78, 5) is 53.7. The van der Waals surface area contributed by atoms with Crippen LogP contribution in [0.3, 0.4) is 0 Å². The highest BCUT2D eigenvalue weighted by Gasteiger charge is 2.25. The standard InChI is InChI=1S/C25H30N4O5/c1-3-5-14-28(22-23(26)29(13-4-2)25(33)27-24(22)32)20(30)16-34-21(31)15-18-11-8-10-17-9-6-7-12-19(17)18/h6-12H,3-5,13-16,26H2,1-2H3,(H,27,32,33). The Morgan fingerprint density at radius 1 is 1.06 bits per heavy atom.